The first kappa shape index (κ1) is 18.8. The van der Waals surface area contributed by atoms with Crippen LogP contribution in [0.1, 0.15) is 12.0 Å². The molecule has 27 heavy (non-hydrogen) atoms. The minimum absolute atomic E-state index is 0.120. The zero-order valence-corrected chi connectivity index (χ0v) is 16.2. The number of nitrogens with one attached hydrogen (secondary N) is 1. The van der Waals surface area contributed by atoms with E-state index >= 15 is 0 Å². The summed E-state index contributed by atoms with van der Waals surface area (Å²) in [5.74, 6) is -0.398. The van der Waals surface area contributed by atoms with Gasteiger partial charge in [-0.2, -0.15) is 0 Å². The second-order valence-electron chi connectivity index (χ2n) is 7.70. The van der Waals surface area contributed by atoms with Crippen LogP contribution in [0, 0.1) is 0 Å². The summed E-state index contributed by atoms with van der Waals surface area (Å²) in [6, 6.07) is 8.97. The zero-order valence-electron chi connectivity index (χ0n) is 15.4. The SMILES string of the molecule is CN(C)CC(=O)O[C@@H]1[C@H](Cc2ccccc2)N[S+](=O)([O-])[C@H]2CC3C=C[C@]12O3. The summed E-state index contributed by atoms with van der Waals surface area (Å²) in [4.78, 5) is 14.1. The van der Waals surface area contributed by atoms with Crippen molar-refractivity contribution in [2.45, 2.75) is 41.9 Å². The fourth-order valence-corrected chi connectivity index (χ4v) is 6.30. The van der Waals surface area contributed by atoms with E-state index in [1.54, 1.807) is 25.1 Å². The highest BCUT2D eigenvalue weighted by molar-refractivity contribution is 7.96. The van der Waals surface area contributed by atoms with Crippen LogP contribution in [0.15, 0.2) is 42.5 Å². The van der Waals surface area contributed by atoms with E-state index in [1.165, 1.54) is 0 Å². The van der Waals surface area contributed by atoms with Gasteiger partial charge in [0.15, 0.2) is 17.0 Å². The molecule has 2 unspecified atom stereocenters. The van der Waals surface area contributed by atoms with E-state index < -0.39 is 39.4 Å². The van der Waals surface area contributed by atoms with Crippen molar-refractivity contribution < 1.29 is 23.0 Å². The minimum Gasteiger partial charge on any atom is -0.597 e. The normalized spacial score (nSPS) is 39.6. The molecule has 0 aliphatic carbocycles. The molecule has 4 rings (SSSR count). The smallest absolute Gasteiger partial charge is 0.320 e. The number of sulfonamides is 1. The Morgan fingerprint density at radius 1 is 1.41 bits per heavy atom. The molecule has 3 heterocycles. The van der Waals surface area contributed by atoms with Crippen LogP contribution in [0.5, 0.6) is 0 Å². The van der Waals surface area contributed by atoms with Gasteiger partial charge in [-0.1, -0.05) is 40.6 Å². The van der Waals surface area contributed by atoms with E-state index in [2.05, 4.69) is 4.72 Å². The second kappa shape index (κ2) is 6.79. The Morgan fingerprint density at radius 3 is 2.81 bits per heavy atom. The van der Waals surface area contributed by atoms with Crippen LogP contribution in [0.3, 0.4) is 0 Å². The summed E-state index contributed by atoms with van der Waals surface area (Å²) < 4.78 is 40.4. The lowest BCUT2D eigenvalue weighted by Gasteiger charge is -2.46. The molecule has 0 aromatic heterocycles. The van der Waals surface area contributed by atoms with Gasteiger partial charge in [0.1, 0.15) is 10.4 Å². The predicted octanol–water partition coefficient (Wildman–Crippen LogP) is 0.685. The van der Waals surface area contributed by atoms with Crippen LogP contribution in [0.4, 0.5) is 0 Å². The molecule has 0 radical (unpaired) electrons. The summed E-state index contributed by atoms with van der Waals surface area (Å²) in [5.41, 5.74) is -0.152. The van der Waals surface area contributed by atoms with Gasteiger partial charge in [-0.15, -0.1) is 4.72 Å². The number of hydrogen-bond acceptors (Lipinski definition) is 6. The minimum atomic E-state index is -3.59. The van der Waals surface area contributed by atoms with Crippen LogP contribution in [0.2, 0.25) is 0 Å². The highest BCUT2D eigenvalue weighted by Gasteiger charge is 2.69. The molecule has 8 heteroatoms. The molecule has 0 saturated carbocycles. The Labute approximate surface area is 160 Å². The Morgan fingerprint density at radius 2 is 2.15 bits per heavy atom. The average molecular weight is 392 g/mol. The van der Waals surface area contributed by atoms with Gasteiger partial charge >= 0.3 is 5.97 Å². The molecular weight excluding hydrogens is 368 g/mol. The van der Waals surface area contributed by atoms with Gasteiger partial charge in [0.25, 0.3) is 0 Å². The van der Waals surface area contributed by atoms with Crippen LogP contribution in [-0.4, -0.2) is 65.2 Å². The number of benzene rings is 1. The molecule has 146 valence electrons. The fourth-order valence-electron chi connectivity index (χ4n) is 4.32. The lowest BCUT2D eigenvalue weighted by Crippen LogP contribution is -2.70. The van der Waals surface area contributed by atoms with Gasteiger partial charge in [0.05, 0.1) is 18.7 Å². The van der Waals surface area contributed by atoms with Crippen molar-refractivity contribution in [3.8, 4) is 0 Å². The standard InChI is InChI=1S/C19H24N2O5S/c1-21(2)12-17(22)25-18-15(10-13-6-4-3-5-7-13)20-27(23,24)16-11-14-8-9-19(16,18)26-14/h3-9,14-16,18H,10-12H2,1-2H3,(H-,20,23,24)/t14?,15-,16-,18+,19+/m0/s1. The number of carbonyl (C=O) groups excluding carboxylic acids is 1. The number of likely N-dealkylation sites (N-methyl/N-ethyl adjacent to an activating group) is 1. The third-order valence-corrected chi connectivity index (χ3v) is 7.32. The fraction of sp³-hybridized carbons (Fsp3) is 0.526. The van der Waals surface area contributed by atoms with Gasteiger partial charge in [0, 0.05) is 6.42 Å². The van der Waals surface area contributed by atoms with Gasteiger partial charge in [-0.05, 0) is 32.2 Å². The maximum absolute atomic E-state index is 12.9. The maximum atomic E-state index is 12.9. The molecule has 3 aliphatic rings. The number of carbonyl (C=O) groups is 1. The Kier molecular flexibility index (Phi) is 4.72. The van der Waals surface area contributed by atoms with Crippen molar-refractivity contribution >= 4 is 16.4 Å². The monoisotopic (exact) mass is 392 g/mol. The Balaban J connectivity index is 1.67. The number of rotatable bonds is 5. The number of fused-ring (bicyclic) bond motifs is 1. The molecule has 1 aromatic carbocycles. The van der Waals surface area contributed by atoms with E-state index in [-0.39, 0.29) is 12.6 Å². The van der Waals surface area contributed by atoms with Crippen molar-refractivity contribution in [2.24, 2.45) is 0 Å². The second-order valence-corrected chi connectivity index (χ2v) is 9.60. The van der Waals surface area contributed by atoms with Crippen LogP contribution in [0.25, 0.3) is 0 Å². The van der Waals surface area contributed by atoms with Crippen LogP contribution >= 0.6 is 0 Å². The van der Waals surface area contributed by atoms with E-state index in [0.29, 0.717) is 12.8 Å². The largest absolute Gasteiger partial charge is 0.597 e. The first-order valence-corrected chi connectivity index (χ1v) is 10.6. The molecule has 6 atom stereocenters. The van der Waals surface area contributed by atoms with E-state index in [0.717, 1.165) is 5.56 Å². The topological polar surface area (TPSA) is 90.9 Å². The zero-order chi connectivity index (χ0) is 19.2. The number of nitrogens with zero attached hydrogens (tertiary/aromatic N) is 1. The lowest BCUT2D eigenvalue weighted by atomic mass is 9.83. The van der Waals surface area contributed by atoms with Gasteiger partial charge in [-0.25, -0.2) is 0 Å². The Bertz CT molecular complexity index is 799. The molecule has 3 aliphatic heterocycles. The molecule has 2 saturated heterocycles. The molecule has 1 N–H and O–H groups in total. The first-order chi connectivity index (χ1) is 12.8. The first-order valence-electron chi connectivity index (χ1n) is 9.06. The molecule has 2 bridgehead atoms. The number of ether oxygens (including phenoxy) is 2. The molecule has 1 spiro atoms. The van der Waals surface area contributed by atoms with E-state index in [9.17, 15) is 13.6 Å². The van der Waals surface area contributed by atoms with Gasteiger partial charge in [0.2, 0.25) is 0 Å². The van der Waals surface area contributed by atoms with Gasteiger partial charge in [-0.3, -0.25) is 9.69 Å². The lowest BCUT2D eigenvalue weighted by molar-refractivity contribution is -0.166. The summed E-state index contributed by atoms with van der Waals surface area (Å²) >= 11 is 0. The third-order valence-electron chi connectivity index (χ3n) is 5.38. The van der Waals surface area contributed by atoms with Crippen molar-refractivity contribution in [3.05, 3.63) is 48.0 Å². The molecule has 7 nitrogen and oxygen atoms in total. The molecule has 1 aromatic rings. The van der Waals surface area contributed by atoms with Crippen molar-refractivity contribution in [1.29, 1.82) is 0 Å². The van der Waals surface area contributed by atoms with Gasteiger partial charge < -0.3 is 14.0 Å². The Hall–Kier alpha value is -1.58. The average Bonchev–Trinajstić information content (AvgIpc) is 3.18. The molecule has 2 fully saturated rings. The van der Waals surface area contributed by atoms with Crippen LogP contribution < -0.4 is 4.72 Å². The predicted molar refractivity (Wildman–Crippen MR) is 99.5 cm³/mol. The molecule has 0 amide bonds. The summed E-state index contributed by atoms with van der Waals surface area (Å²) in [6.45, 7) is 0.120. The van der Waals surface area contributed by atoms with E-state index in [1.807, 2.05) is 36.4 Å². The van der Waals surface area contributed by atoms with Crippen LogP contribution in [-0.2, 0) is 35.3 Å². The summed E-state index contributed by atoms with van der Waals surface area (Å²) in [5, 5.41) is -0.746. The highest BCUT2D eigenvalue weighted by atomic mass is 32.3. The quantitative estimate of drug-likeness (QED) is 0.450. The molecular formula is C19H24N2O5S. The maximum Gasteiger partial charge on any atom is 0.320 e. The van der Waals surface area contributed by atoms with Crippen molar-refractivity contribution in [2.75, 3.05) is 20.6 Å². The number of esters is 1. The van der Waals surface area contributed by atoms with E-state index in [4.69, 9.17) is 9.47 Å². The summed E-state index contributed by atoms with van der Waals surface area (Å²) in [7, 11) is -0.0240. The highest BCUT2D eigenvalue weighted by Crippen LogP contribution is 2.50. The number of hydrogen-bond donors (Lipinski definition) is 1. The summed E-state index contributed by atoms with van der Waals surface area (Å²) in [6.07, 6.45) is 3.49. The van der Waals surface area contributed by atoms with Crippen molar-refractivity contribution in [3.63, 3.8) is 0 Å². The van der Waals surface area contributed by atoms with Crippen molar-refractivity contribution in [1.82, 2.24) is 9.62 Å². The third kappa shape index (κ3) is 3.36.